The largest absolute Gasteiger partial charge is 0.457 e. The van der Waals surface area contributed by atoms with Gasteiger partial charge in [0.2, 0.25) is 0 Å². The number of amides is 1. The number of anilines is 1. The summed E-state index contributed by atoms with van der Waals surface area (Å²) < 4.78 is 33.0. The molecular weight excluding hydrogens is 324 g/mol. The van der Waals surface area contributed by atoms with Crippen LogP contribution in [-0.4, -0.2) is 5.91 Å². The average Bonchev–Trinajstić information content (AvgIpc) is 2.58. The van der Waals surface area contributed by atoms with Crippen molar-refractivity contribution in [3.05, 3.63) is 89.5 Å². The molecule has 0 heterocycles. The second kappa shape index (κ2) is 7.13. The van der Waals surface area contributed by atoms with Gasteiger partial charge in [0.15, 0.2) is 0 Å². The van der Waals surface area contributed by atoms with E-state index in [2.05, 4.69) is 5.32 Å². The van der Waals surface area contributed by atoms with E-state index in [9.17, 15) is 13.6 Å². The molecule has 3 aromatic rings. The summed E-state index contributed by atoms with van der Waals surface area (Å²) in [5.74, 6) is -1.34. The van der Waals surface area contributed by atoms with Gasteiger partial charge in [-0.2, -0.15) is 0 Å². The predicted octanol–water partition coefficient (Wildman–Crippen LogP) is 5.32. The first kappa shape index (κ1) is 16.6. The maximum Gasteiger partial charge on any atom is 0.261 e. The first-order chi connectivity index (χ1) is 12.0. The normalized spacial score (nSPS) is 10.4. The molecule has 0 radical (unpaired) electrons. The molecule has 126 valence electrons. The van der Waals surface area contributed by atoms with Crippen molar-refractivity contribution in [3.63, 3.8) is 0 Å². The van der Waals surface area contributed by atoms with Crippen molar-refractivity contribution in [3.8, 4) is 11.5 Å². The number of aryl methyl sites for hydroxylation is 1. The van der Waals surface area contributed by atoms with Gasteiger partial charge in [-0.25, -0.2) is 8.78 Å². The molecule has 3 rings (SSSR count). The topological polar surface area (TPSA) is 38.3 Å². The van der Waals surface area contributed by atoms with E-state index in [1.54, 1.807) is 24.3 Å². The molecule has 3 nitrogen and oxygen atoms in total. The molecule has 0 unspecified atom stereocenters. The number of ether oxygens (including phenoxy) is 1. The van der Waals surface area contributed by atoms with Gasteiger partial charge in [-0.15, -0.1) is 0 Å². The van der Waals surface area contributed by atoms with E-state index in [4.69, 9.17) is 4.74 Å². The molecule has 0 aromatic heterocycles. The molecule has 0 saturated carbocycles. The van der Waals surface area contributed by atoms with Crippen molar-refractivity contribution in [1.29, 1.82) is 0 Å². The first-order valence-corrected chi connectivity index (χ1v) is 7.63. The second-order valence-corrected chi connectivity index (χ2v) is 5.44. The summed E-state index contributed by atoms with van der Waals surface area (Å²) in [6.45, 7) is 1.94. The number of carbonyl (C=O) groups is 1. The predicted molar refractivity (Wildman–Crippen MR) is 92.0 cm³/mol. The van der Waals surface area contributed by atoms with E-state index < -0.39 is 23.1 Å². The quantitative estimate of drug-likeness (QED) is 0.699. The minimum absolute atomic E-state index is 0.407. The van der Waals surface area contributed by atoms with Crippen LogP contribution >= 0.6 is 0 Å². The summed E-state index contributed by atoms with van der Waals surface area (Å²) in [6.07, 6.45) is 0. The molecule has 0 aliphatic rings. The Morgan fingerprint density at radius 1 is 0.880 bits per heavy atom. The third-order valence-electron chi connectivity index (χ3n) is 3.62. The van der Waals surface area contributed by atoms with Crippen LogP contribution in [0.4, 0.5) is 14.5 Å². The standard InChI is InChI=1S/C20H15F2NO2/c1-13-5-2-3-8-18(13)25-15-11-9-14(10-12-15)23-20(24)19-16(21)6-4-7-17(19)22/h2-12H,1H3,(H,23,24). The molecule has 0 aliphatic carbocycles. The smallest absolute Gasteiger partial charge is 0.261 e. The van der Waals surface area contributed by atoms with E-state index in [0.717, 1.165) is 23.4 Å². The van der Waals surface area contributed by atoms with Gasteiger partial charge in [0.1, 0.15) is 28.7 Å². The summed E-state index contributed by atoms with van der Waals surface area (Å²) in [6, 6.07) is 17.4. The van der Waals surface area contributed by atoms with Gasteiger partial charge in [0, 0.05) is 5.69 Å². The Hall–Kier alpha value is -3.21. The summed E-state index contributed by atoms with van der Waals surface area (Å²) in [7, 11) is 0. The zero-order chi connectivity index (χ0) is 17.8. The number of rotatable bonds is 4. The van der Waals surface area contributed by atoms with Crippen LogP contribution in [0.3, 0.4) is 0 Å². The van der Waals surface area contributed by atoms with Gasteiger partial charge in [0.25, 0.3) is 5.91 Å². The van der Waals surface area contributed by atoms with E-state index in [1.165, 1.54) is 6.07 Å². The molecule has 1 amide bonds. The Morgan fingerprint density at radius 2 is 1.52 bits per heavy atom. The molecule has 0 aliphatic heterocycles. The lowest BCUT2D eigenvalue weighted by molar-refractivity contribution is 0.101. The zero-order valence-corrected chi connectivity index (χ0v) is 13.4. The van der Waals surface area contributed by atoms with Crippen LogP contribution < -0.4 is 10.1 Å². The van der Waals surface area contributed by atoms with Crippen molar-refractivity contribution in [1.82, 2.24) is 0 Å². The maximum absolute atomic E-state index is 13.6. The van der Waals surface area contributed by atoms with Crippen molar-refractivity contribution >= 4 is 11.6 Å². The number of carbonyl (C=O) groups excluding carboxylic acids is 1. The Morgan fingerprint density at radius 3 is 2.16 bits per heavy atom. The van der Waals surface area contributed by atoms with Crippen molar-refractivity contribution in [2.45, 2.75) is 6.92 Å². The number of para-hydroxylation sites is 1. The minimum atomic E-state index is -0.906. The Kier molecular flexibility index (Phi) is 4.75. The second-order valence-electron chi connectivity index (χ2n) is 5.44. The lowest BCUT2D eigenvalue weighted by atomic mass is 10.1. The summed E-state index contributed by atoms with van der Waals surface area (Å²) in [5, 5.41) is 2.47. The van der Waals surface area contributed by atoms with Crippen LogP contribution in [0.25, 0.3) is 0 Å². The van der Waals surface area contributed by atoms with Crippen molar-refractivity contribution in [2.24, 2.45) is 0 Å². The molecule has 0 bridgehead atoms. The highest BCUT2D eigenvalue weighted by atomic mass is 19.1. The van der Waals surface area contributed by atoms with Crippen LogP contribution in [-0.2, 0) is 0 Å². The number of halogens is 2. The highest BCUT2D eigenvalue weighted by molar-refractivity contribution is 6.04. The molecule has 0 saturated heterocycles. The van der Waals surface area contributed by atoms with Crippen molar-refractivity contribution in [2.75, 3.05) is 5.32 Å². The molecule has 0 spiro atoms. The highest BCUT2D eigenvalue weighted by Gasteiger charge is 2.17. The van der Waals surface area contributed by atoms with E-state index in [1.807, 2.05) is 31.2 Å². The fourth-order valence-electron chi connectivity index (χ4n) is 2.31. The van der Waals surface area contributed by atoms with Crippen LogP contribution in [0, 0.1) is 18.6 Å². The monoisotopic (exact) mass is 339 g/mol. The SMILES string of the molecule is Cc1ccccc1Oc1ccc(NC(=O)c2c(F)cccc2F)cc1. The Bertz CT molecular complexity index is 888. The summed E-state index contributed by atoms with van der Waals surface area (Å²) >= 11 is 0. The van der Waals surface area contributed by atoms with Crippen LogP contribution in [0.2, 0.25) is 0 Å². The molecule has 0 fully saturated rings. The number of benzene rings is 3. The van der Waals surface area contributed by atoms with Crippen molar-refractivity contribution < 1.29 is 18.3 Å². The average molecular weight is 339 g/mol. The molecule has 25 heavy (non-hydrogen) atoms. The van der Waals surface area contributed by atoms with Crippen LogP contribution in [0.5, 0.6) is 11.5 Å². The van der Waals surface area contributed by atoms with Gasteiger partial charge < -0.3 is 10.1 Å². The van der Waals surface area contributed by atoms with E-state index in [-0.39, 0.29) is 0 Å². The summed E-state index contributed by atoms with van der Waals surface area (Å²) in [4.78, 5) is 12.1. The minimum Gasteiger partial charge on any atom is -0.457 e. The molecule has 0 atom stereocenters. The fraction of sp³-hybridized carbons (Fsp3) is 0.0500. The third kappa shape index (κ3) is 3.83. The summed E-state index contributed by atoms with van der Waals surface area (Å²) in [5.41, 5.74) is 0.794. The maximum atomic E-state index is 13.6. The van der Waals surface area contributed by atoms with Crippen LogP contribution in [0.1, 0.15) is 15.9 Å². The zero-order valence-electron chi connectivity index (χ0n) is 13.4. The lowest BCUT2D eigenvalue weighted by Gasteiger charge is -2.10. The van der Waals surface area contributed by atoms with Gasteiger partial charge in [-0.1, -0.05) is 24.3 Å². The van der Waals surface area contributed by atoms with Crippen LogP contribution in [0.15, 0.2) is 66.7 Å². The highest BCUT2D eigenvalue weighted by Crippen LogP contribution is 2.26. The van der Waals surface area contributed by atoms with Gasteiger partial charge in [-0.3, -0.25) is 4.79 Å². The molecule has 1 N–H and O–H groups in total. The van der Waals surface area contributed by atoms with Gasteiger partial charge in [-0.05, 0) is 55.0 Å². The Labute approximate surface area is 143 Å². The van der Waals surface area contributed by atoms with E-state index in [0.29, 0.717) is 11.4 Å². The molecule has 5 heteroatoms. The lowest BCUT2D eigenvalue weighted by Crippen LogP contribution is -2.15. The number of nitrogens with one attached hydrogen (secondary N) is 1. The Balaban J connectivity index is 1.73. The van der Waals surface area contributed by atoms with Gasteiger partial charge >= 0.3 is 0 Å². The first-order valence-electron chi connectivity index (χ1n) is 7.63. The van der Waals surface area contributed by atoms with E-state index >= 15 is 0 Å². The third-order valence-corrected chi connectivity index (χ3v) is 3.62. The number of hydrogen-bond donors (Lipinski definition) is 1. The molecule has 3 aromatic carbocycles. The number of hydrogen-bond acceptors (Lipinski definition) is 2. The van der Waals surface area contributed by atoms with Gasteiger partial charge in [0.05, 0.1) is 0 Å². The molecular formula is C20H15F2NO2. The fourth-order valence-corrected chi connectivity index (χ4v) is 2.31.